The molecule has 0 fully saturated rings. The van der Waals surface area contributed by atoms with Gasteiger partial charge in [-0.15, -0.1) is 0 Å². The molecule has 1 aliphatic rings. The van der Waals surface area contributed by atoms with E-state index in [4.69, 9.17) is 0 Å². The minimum Gasteiger partial charge on any atom is -0.390 e. The standard InChI is InChI=1S/C11H21NO/c1-10(2,11(3,4)13)9-12-7-5-6-8-12/h5-6,13H,7-9H2,1-4H3. The van der Waals surface area contributed by atoms with Crippen molar-refractivity contribution in [2.45, 2.75) is 33.3 Å². The Labute approximate surface area is 81.2 Å². The molecule has 2 nitrogen and oxygen atoms in total. The lowest BCUT2D eigenvalue weighted by atomic mass is 9.77. The van der Waals surface area contributed by atoms with Gasteiger partial charge in [0.25, 0.3) is 0 Å². The molecule has 0 aliphatic carbocycles. The van der Waals surface area contributed by atoms with Crippen LogP contribution >= 0.6 is 0 Å². The Bertz CT molecular complexity index is 193. The quantitative estimate of drug-likeness (QED) is 0.673. The van der Waals surface area contributed by atoms with Crippen LogP contribution in [0.5, 0.6) is 0 Å². The van der Waals surface area contributed by atoms with Crippen LogP contribution in [0.25, 0.3) is 0 Å². The molecule has 0 saturated carbocycles. The molecular weight excluding hydrogens is 162 g/mol. The molecule has 0 aromatic heterocycles. The summed E-state index contributed by atoms with van der Waals surface area (Å²) in [6.45, 7) is 11.0. The maximum absolute atomic E-state index is 9.96. The highest BCUT2D eigenvalue weighted by molar-refractivity contribution is 4.98. The van der Waals surface area contributed by atoms with Crippen molar-refractivity contribution >= 4 is 0 Å². The number of hydrogen-bond donors (Lipinski definition) is 1. The molecule has 0 saturated heterocycles. The third-order valence-corrected chi connectivity index (χ3v) is 3.17. The molecule has 2 heteroatoms. The van der Waals surface area contributed by atoms with Crippen molar-refractivity contribution < 1.29 is 5.11 Å². The van der Waals surface area contributed by atoms with Gasteiger partial charge in [0, 0.05) is 25.0 Å². The van der Waals surface area contributed by atoms with E-state index < -0.39 is 5.60 Å². The molecule has 1 aliphatic heterocycles. The van der Waals surface area contributed by atoms with Crippen LogP contribution in [0.4, 0.5) is 0 Å². The van der Waals surface area contributed by atoms with E-state index in [9.17, 15) is 5.11 Å². The third-order valence-electron chi connectivity index (χ3n) is 3.17. The third kappa shape index (κ3) is 2.55. The fourth-order valence-electron chi connectivity index (χ4n) is 1.40. The lowest BCUT2D eigenvalue weighted by Gasteiger charge is -2.40. The average molecular weight is 183 g/mol. The Balaban J connectivity index is 2.51. The van der Waals surface area contributed by atoms with Gasteiger partial charge in [0.15, 0.2) is 0 Å². The summed E-state index contributed by atoms with van der Waals surface area (Å²) in [5.41, 5.74) is -0.672. The van der Waals surface area contributed by atoms with Gasteiger partial charge in [-0.25, -0.2) is 0 Å². The molecule has 0 aromatic carbocycles. The van der Waals surface area contributed by atoms with Crippen LogP contribution < -0.4 is 0 Å². The molecule has 13 heavy (non-hydrogen) atoms. The lowest BCUT2D eigenvalue weighted by Crippen LogP contribution is -2.46. The second-order valence-corrected chi connectivity index (χ2v) is 5.11. The summed E-state index contributed by atoms with van der Waals surface area (Å²) >= 11 is 0. The van der Waals surface area contributed by atoms with Crippen molar-refractivity contribution in [3.8, 4) is 0 Å². The van der Waals surface area contributed by atoms with Crippen molar-refractivity contribution in [3.05, 3.63) is 12.2 Å². The molecule has 0 radical (unpaired) electrons. The van der Waals surface area contributed by atoms with Crippen molar-refractivity contribution in [2.24, 2.45) is 5.41 Å². The summed E-state index contributed by atoms with van der Waals surface area (Å²) in [5, 5.41) is 9.96. The first kappa shape index (κ1) is 10.7. The SMILES string of the molecule is CC(C)(O)C(C)(C)CN1CC=CC1. The zero-order valence-electron chi connectivity index (χ0n) is 9.17. The van der Waals surface area contributed by atoms with Crippen molar-refractivity contribution in [1.29, 1.82) is 0 Å². The van der Waals surface area contributed by atoms with Gasteiger partial charge < -0.3 is 5.11 Å². The van der Waals surface area contributed by atoms with Gasteiger partial charge in [0.1, 0.15) is 0 Å². The zero-order chi connectivity index (χ0) is 10.1. The van der Waals surface area contributed by atoms with E-state index in [1.165, 1.54) is 0 Å². The van der Waals surface area contributed by atoms with E-state index >= 15 is 0 Å². The summed E-state index contributed by atoms with van der Waals surface area (Å²) < 4.78 is 0. The van der Waals surface area contributed by atoms with Crippen LogP contribution in [0.3, 0.4) is 0 Å². The summed E-state index contributed by atoms with van der Waals surface area (Å²) in [5.74, 6) is 0. The Morgan fingerprint density at radius 1 is 1.15 bits per heavy atom. The van der Waals surface area contributed by atoms with Crippen LogP contribution in [-0.2, 0) is 0 Å². The highest BCUT2D eigenvalue weighted by Crippen LogP contribution is 2.31. The van der Waals surface area contributed by atoms with Crippen LogP contribution in [0, 0.1) is 5.41 Å². The van der Waals surface area contributed by atoms with Crippen LogP contribution in [0.1, 0.15) is 27.7 Å². The summed E-state index contributed by atoms with van der Waals surface area (Å²) in [6, 6.07) is 0. The molecule has 1 heterocycles. The molecule has 0 amide bonds. The lowest BCUT2D eigenvalue weighted by molar-refractivity contribution is -0.0485. The predicted molar refractivity (Wildman–Crippen MR) is 55.7 cm³/mol. The van der Waals surface area contributed by atoms with Gasteiger partial charge >= 0.3 is 0 Å². The van der Waals surface area contributed by atoms with E-state index in [1.54, 1.807) is 0 Å². The minimum atomic E-state index is -0.615. The second-order valence-electron chi connectivity index (χ2n) is 5.11. The van der Waals surface area contributed by atoms with Gasteiger partial charge in [-0.2, -0.15) is 0 Å². The predicted octanol–water partition coefficient (Wildman–Crippen LogP) is 1.66. The second kappa shape index (κ2) is 3.43. The Morgan fingerprint density at radius 3 is 2.00 bits per heavy atom. The molecule has 0 aromatic rings. The van der Waals surface area contributed by atoms with Gasteiger partial charge in [-0.05, 0) is 13.8 Å². The van der Waals surface area contributed by atoms with E-state index in [0.29, 0.717) is 0 Å². The van der Waals surface area contributed by atoms with Gasteiger partial charge in [0.05, 0.1) is 5.60 Å². The summed E-state index contributed by atoms with van der Waals surface area (Å²) in [4.78, 5) is 2.35. The molecule has 0 unspecified atom stereocenters. The van der Waals surface area contributed by atoms with E-state index in [0.717, 1.165) is 19.6 Å². The monoisotopic (exact) mass is 183 g/mol. The molecule has 0 bridgehead atoms. The molecule has 0 atom stereocenters. The average Bonchev–Trinajstić information content (AvgIpc) is 2.35. The smallest absolute Gasteiger partial charge is 0.0654 e. The zero-order valence-corrected chi connectivity index (χ0v) is 9.17. The molecule has 76 valence electrons. The number of hydrogen-bond acceptors (Lipinski definition) is 2. The molecule has 1 rings (SSSR count). The Hall–Kier alpha value is -0.340. The van der Waals surface area contributed by atoms with E-state index in [1.807, 2.05) is 13.8 Å². The minimum absolute atomic E-state index is 0.0565. The van der Waals surface area contributed by atoms with Gasteiger partial charge in [-0.1, -0.05) is 26.0 Å². The number of aliphatic hydroxyl groups is 1. The van der Waals surface area contributed by atoms with Gasteiger partial charge in [-0.3, -0.25) is 4.90 Å². The largest absolute Gasteiger partial charge is 0.390 e. The fraction of sp³-hybridized carbons (Fsp3) is 0.818. The van der Waals surface area contributed by atoms with E-state index in [2.05, 4.69) is 30.9 Å². The maximum atomic E-state index is 9.96. The van der Waals surface area contributed by atoms with E-state index in [-0.39, 0.29) is 5.41 Å². The highest BCUT2D eigenvalue weighted by Gasteiger charge is 2.36. The first-order valence-corrected chi connectivity index (χ1v) is 4.93. The number of rotatable bonds is 3. The van der Waals surface area contributed by atoms with Crippen LogP contribution in [0.2, 0.25) is 0 Å². The highest BCUT2D eigenvalue weighted by atomic mass is 16.3. The van der Waals surface area contributed by atoms with Gasteiger partial charge in [0.2, 0.25) is 0 Å². The Kier molecular flexibility index (Phi) is 2.83. The van der Waals surface area contributed by atoms with Crippen LogP contribution in [-0.4, -0.2) is 35.2 Å². The summed E-state index contributed by atoms with van der Waals surface area (Å²) in [6.07, 6.45) is 4.36. The molecule has 1 N–H and O–H groups in total. The van der Waals surface area contributed by atoms with Crippen molar-refractivity contribution in [2.75, 3.05) is 19.6 Å². The summed E-state index contributed by atoms with van der Waals surface area (Å²) in [7, 11) is 0. The van der Waals surface area contributed by atoms with Crippen molar-refractivity contribution in [3.63, 3.8) is 0 Å². The van der Waals surface area contributed by atoms with Crippen molar-refractivity contribution in [1.82, 2.24) is 4.90 Å². The first-order valence-electron chi connectivity index (χ1n) is 4.93. The fourth-order valence-corrected chi connectivity index (χ4v) is 1.40. The first-order chi connectivity index (χ1) is 5.83. The Morgan fingerprint density at radius 2 is 1.62 bits per heavy atom. The molecule has 0 spiro atoms. The normalized spacial score (nSPS) is 19.8. The molecular formula is C11H21NO. The van der Waals surface area contributed by atoms with Crippen LogP contribution in [0.15, 0.2) is 12.2 Å². The topological polar surface area (TPSA) is 23.5 Å². The number of nitrogens with zero attached hydrogens (tertiary/aromatic N) is 1. The maximum Gasteiger partial charge on any atom is 0.0654 e.